The van der Waals surface area contributed by atoms with Gasteiger partial charge in [-0.3, -0.25) is 4.68 Å². The normalized spacial score (nSPS) is 12.2. The molecule has 0 aliphatic heterocycles. The Kier molecular flexibility index (Phi) is 4.06. The smallest absolute Gasteiger partial charge is 0.165 e. The van der Waals surface area contributed by atoms with Gasteiger partial charge >= 0.3 is 0 Å². The van der Waals surface area contributed by atoms with E-state index in [0.29, 0.717) is 11.5 Å². The summed E-state index contributed by atoms with van der Waals surface area (Å²) in [5.74, 6) is 2.12. The van der Waals surface area contributed by atoms with Crippen molar-refractivity contribution < 1.29 is 9.47 Å². The van der Waals surface area contributed by atoms with Crippen molar-refractivity contribution in [2.45, 2.75) is 26.4 Å². The number of nitrogens with two attached hydrogens (primary N) is 1. The molecule has 0 aliphatic carbocycles. The van der Waals surface area contributed by atoms with Gasteiger partial charge in [0.2, 0.25) is 0 Å². The van der Waals surface area contributed by atoms with Crippen LogP contribution >= 0.6 is 0 Å². The Bertz CT molecular complexity index is 549. The lowest BCUT2D eigenvalue weighted by molar-refractivity contribution is 0.397. The number of rotatable bonds is 5. The third kappa shape index (κ3) is 2.88. The Balaban J connectivity index is 2.33. The summed E-state index contributed by atoms with van der Waals surface area (Å²) in [6, 6.07) is 5.46. The second kappa shape index (κ2) is 5.75. The topological polar surface area (TPSA) is 62.3 Å². The lowest BCUT2D eigenvalue weighted by Gasteiger charge is -2.16. The summed E-state index contributed by atoms with van der Waals surface area (Å²) >= 11 is 0. The van der Waals surface area contributed by atoms with Crippen LogP contribution in [0.1, 0.15) is 25.5 Å². The van der Waals surface area contributed by atoms with E-state index in [-0.39, 0.29) is 6.04 Å². The first-order chi connectivity index (χ1) is 9.15. The van der Waals surface area contributed by atoms with Gasteiger partial charge in [-0.1, -0.05) is 6.07 Å². The Hall–Kier alpha value is -2.01. The first kappa shape index (κ1) is 13.4. The van der Waals surface area contributed by atoms with Crippen molar-refractivity contribution in [1.82, 2.24) is 9.78 Å². The fourth-order valence-electron chi connectivity index (χ4n) is 1.94. The molecule has 0 spiro atoms. The van der Waals surface area contributed by atoms with Crippen molar-refractivity contribution in [2.24, 2.45) is 5.73 Å². The summed E-state index contributed by atoms with van der Waals surface area (Å²) < 4.78 is 13.0. The van der Waals surface area contributed by atoms with E-state index in [1.54, 1.807) is 18.0 Å². The van der Waals surface area contributed by atoms with Crippen LogP contribution < -0.4 is 15.2 Å². The standard InChI is InChI=1S/C14H19N3O2/c1-4-17-9-11(8-16-17)19-13-7-5-6-12(18-3)14(13)10(2)15/h5-10H,4,15H2,1-3H3. The molecule has 19 heavy (non-hydrogen) atoms. The zero-order valence-corrected chi connectivity index (χ0v) is 11.5. The van der Waals surface area contributed by atoms with Gasteiger partial charge in [-0.25, -0.2) is 0 Å². The highest BCUT2D eigenvalue weighted by Gasteiger charge is 2.15. The molecule has 0 radical (unpaired) electrons. The van der Waals surface area contributed by atoms with Gasteiger partial charge in [-0.05, 0) is 26.0 Å². The quantitative estimate of drug-likeness (QED) is 0.899. The molecule has 1 aromatic carbocycles. The van der Waals surface area contributed by atoms with E-state index in [9.17, 15) is 0 Å². The van der Waals surface area contributed by atoms with Crippen LogP contribution in [0.2, 0.25) is 0 Å². The Morgan fingerprint density at radius 2 is 2.11 bits per heavy atom. The molecule has 1 unspecified atom stereocenters. The van der Waals surface area contributed by atoms with Crippen LogP contribution in [0.4, 0.5) is 0 Å². The molecule has 2 aromatic rings. The molecular formula is C14H19N3O2. The van der Waals surface area contributed by atoms with E-state index in [2.05, 4.69) is 5.10 Å². The maximum absolute atomic E-state index is 6.00. The Labute approximate surface area is 112 Å². The Morgan fingerprint density at radius 3 is 2.68 bits per heavy atom. The highest BCUT2D eigenvalue weighted by molar-refractivity contribution is 5.48. The van der Waals surface area contributed by atoms with Crippen LogP contribution in [0.5, 0.6) is 17.2 Å². The number of methoxy groups -OCH3 is 1. The third-order valence-corrected chi connectivity index (χ3v) is 2.86. The number of nitrogens with zero attached hydrogens (tertiary/aromatic N) is 2. The van der Waals surface area contributed by atoms with Gasteiger partial charge in [-0.15, -0.1) is 0 Å². The van der Waals surface area contributed by atoms with E-state index < -0.39 is 0 Å². The Morgan fingerprint density at radius 1 is 1.37 bits per heavy atom. The second-order valence-corrected chi connectivity index (χ2v) is 4.29. The second-order valence-electron chi connectivity index (χ2n) is 4.29. The van der Waals surface area contributed by atoms with Gasteiger partial charge in [0.25, 0.3) is 0 Å². The van der Waals surface area contributed by atoms with Crippen LogP contribution in [0.15, 0.2) is 30.6 Å². The lowest BCUT2D eigenvalue weighted by Crippen LogP contribution is -2.08. The van der Waals surface area contributed by atoms with Crippen LogP contribution in [0.25, 0.3) is 0 Å². The highest BCUT2D eigenvalue weighted by atomic mass is 16.5. The van der Waals surface area contributed by atoms with Crippen molar-refractivity contribution in [3.05, 3.63) is 36.2 Å². The van der Waals surface area contributed by atoms with Crippen molar-refractivity contribution in [1.29, 1.82) is 0 Å². The van der Waals surface area contributed by atoms with E-state index in [1.807, 2.05) is 38.2 Å². The zero-order valence-electron chi connectivity index (χ0n) is 11.5. The molecular weight excluding hydrogens is 242 g/mol. The van der Waals surface area contributed by atoms with Crippen LogP contribution in [-0.2, 0) is 6.54 Å². The molecule has 1 heterocycles. The fraction of sp³-hybridized carbons (Fsp3) is 0.357. The summed E-state index contributed by atoms with van der Waals surface area (Å²) in [5, 5.41) is 4.18. The van der Waals surface area contributed by atoms with Gasteiger partial charge in [0.1, 0.15) is 11.5 Å². The molecule has 0 fully saturated rings. The predicted octanol–water partition coefficient (Wildman–Crippen LogP) is 2.72. The molecule has 5 heteroatoms. The summed E-state index contributed by atoms with van der Waals surface area (Å²) in [6.45, 7) is 4.73. The number of benzene rings is 1. The molecule has 102 valence electrons. The molecule has 0 saturated carbocycles. The van der Waals surface area contributed by atoms with Gasteiger partial charge < -0.3 is 15.2 Å². The van der Waals surface area contributed by atoms with E-state index in [4.69, 9.17) is 15.2 Å². The summed E-state index contributed by atoms with van der Waals surface area (Å²) in [7, 11) is 1.63. The minimum Gasteiger partial charge on any atom is -0.496 e. The monoisotopic (exact) mass is 261 g/mol. The maximum atomic E-state index is 6.00. The summed E-state index contributed by atoms with van der Waals surface area (Å²) in [5.41, 5.74) is 6.85. The summed E-state index contributed by atoms with van der Waals surface area (Å²) in [6.07, 6.45) is 3.54. The minimum absolute atomic E-state index is 0.174. The van der Waals surface area contributed by atoms with E-state index >= 15 is 0 Å². The molecule has 1 atom stereocenters. The SMILES string of the molecule is CCn1cc(Oc2cccc(OC)c2C(C)N)cn1. The molecule has 2 N–H and O–H groups in total. The van der Waals surface area contributed by atoms with Crippen molar-refractivity contribution in [3.63, 3.8) is 0 Å². The van der Waals surface area contributed by atoms with Crippen molar-refractivity contribution in [2.75, 3.05) is 7.11 Å². The first-order valence-corrected chi connectivity index (χ1v) is 6.28. The van der Waals surface area contributed by atoms with Crippen molar-refractivity contribution in [3.8, 4) is 17.2 Å². The average molecular weight is 261 g/mol. The number of hydrogen-bond acceptors (Lipinski definition) is 4. The fourth-order valence-corrected chi connectivity index (χ4v) is 1.94. The minimum atomic E-state index is -0.174. The zero-order chi connectivity index (χ0) is 13.8. The average Bonchev–Trinajstić information content (AvgIpc) is 2.85. The van der Waals surface area contributed by atoms with Crippen LogP contribution in [0.3, 0.4) is 0 Å². The highest BCUT2D eigenvalue weighted by Crippen LogP contribution is 2.35. The molecule has 0 amide bonds. The largest absolute Gasteiger partial charge is 0.496 e. The van der Waals surface area contributed by atoms with Gasteiger partial charge in [-0.2, -0.15) is 5.10 Å². The van der Waals surface area contributed by atoms with Gasteiger partial charge in [0, 0.05) is 12.6 Å². The van der Waals surface area contributed by atoms with Gasteiger partial charge in [0.05, 0.1) is 25.1 Å². The third-order valence-electron chi connectivity index (χ3n) is 2.86. The molecule has 0 aliphatic rings. The lowest BCUT2D eigenvalue weighted by atomic mass is 10.1. The number of hydrogen-bond donors (Lipinski definition) is 1. The summed E-state index contributed by atoms with van der Waals surface area (Å²) in [4.78, 5) is 0. The van der Waals surface area contributed by atoms with E-state index in [1.165, 1.54) is 0 Å². The molecule has 2 rings (SSSR count). The van der Waals surface area contributed by atoms with Gasteiger partial charge in [0.15, 0.2) is 5.75 Å². The first-order valence-electron chi connectivity index (χ1n) is 6.28. The maximum Gasteiger partial charge on any atom is 0.165 e. The number of aryl methyl sites for hydroxylation is 1. The molecule has 0 bridgehead atoms. The number of ether oxygens (including phenoxy) is 2. The predicted molar refractivity (Wildman–Crippen MR) is 73.6 cm³/mol. The van der Waals surface area contributed by atoms with Crippen molar-refractivity contribution >= 4 is 0 Å². The molecule has 1 aromatic heterocycles. The molecule has 0 saturated heterocycles. The molecule has 5 nitrogen and oxygen atoms in total. The van der Waals surface area contributed by atoms with Crippen LogP contribution in [-0.4, -0.2) is 16.9 Å². The number of aromatic nitrogens is 2. The van der Waals surface area contributed by atoms with Crippen LogP contribution in [0, 0.1) is 0 Å². The van der Waals surface area contributed by atoms with E-state index in [0.717, 1.165) is 17.9 Å².